The van der Waals surface area contributed by atoms with Crippen molar-refractivity contribution in [3.8, 4) is 11.5 Å². The first-order valence-corrected chi connectivity index (χ1v) is 11.1. The lowest BCUT2D eigenvalue weighted by molar-refractivity contribution is -0.123. The fraction of sp³-hybridized carbons (Fsp3) is 0.308. The normalized spacial score (nSPS) is 11.1. The van der Waals surface area contributed by atoms with E-state index in [0.29, 0.717) is 24.3 Å². The zero-order valence-corrected chi connectivity index (χ0v) is 19.1. The first kappa shape index (κ1) is 22.5. The van der Waals surface area contributed by atoms with Crippen LogP contribution in [0.5, 0.6) is 11.5 Å². The van der Waals surface area contributed by atoms with Gasteiger partial charge in [0, 0.05) is 29.7 Å². The van der Waals surface area contributed by atoms with E-state index in [-0.39, 0.29) is 18.1 Å². The second-order valence-electron chi connectivity index (χ2n) is 8.09. The van der Waals surface area contributed by atoms with Crippen LogP contribution in [0, 0.1) is 6.92 Å². The Hall–Kier alpha value is -3.74. The third-order valence-electron chi connectivity index (χ3n) is 5.60. The van der Waals surface area contributed by atoms with Crippen LogP contribution in [-0.4, -0.2) is 31.2 Å². The van der Waals surface area contributed by atoms with E-state index in [4.69, 9.17) is 13.9 Å². The maximum atomic E-state index is 12.5. The Kier molecular flexibility index (Phi) is 6.68. The van der Waals surface area contributed by atoms with Crippen molar-refractivity contribution in [2.24, 2.45) is 0 Å². The van der Waals surface area contributed by atoms with Crippen LogP contribution < -0.4 is 20.4 Å². The zero-order valence-electron chi connectivity index (χ0n) is 19.1. The zero-order chi connectivity index (χ0) is 23.4. The van der Waals surface area contributed by atoms with Gasteiger partial charge in [-0.1, -0.05) is 13.3 Å². The Balaban J connectivity index is 1.42. The van der Waals surface area contributed by atoms with Gasteiger partial charge in [-0.15, -0.1) is 0 Å². The van der Waals surface area contributed by atoms with Crippen LogP contribution in [0.4, 0.5) is 0 Å². The largest absolute Gasteiger partial charge is 0.497 e. The number of ether oxygens (including phenoxy) is 2. The maximum Gasteiger partial charge on any atom is 0.336 e. The van der Waals surface area contributed by atoms with Gasteiger partial charge in [-0.3, -0.25) is 4.79 Å². The second kappa shape index (κ2) is 9.81. The fourth-order valence-corrected chi connectivity index (χ4v) is 4.07. The van der Waals surface area contributed by atoms with Gasteiger partial charge in [0.25, 0.3) is 5.91 Å². The summed E-state index contributed by atoms with van der Waals surface area (Å²) in [6.07, 6.45) is 4.24. The molecule has 0 aliphatic rings. The van der Waals surface area contributed by atoms with Crippen LogP contribution in [0.3, 0.4) is 0 Å². The van der Waals surface area contributed by atoms with E-state index in [1.807, 2.05) is 50.4 Å². The van der Waals surface area contributed by atoms with Gasteiger partial charge in [0.1, 0.15) is 17.1 Å². The van der Waals surface area contributed by atoms with Crippen molar-refractivity contribution in [1.82, 2.24) is 10.3 Å². The summed E-state index contributed by atoms with van der Waals surface area (Å²) in [5.74, 6) is 1.14. The molecule has 7 heteroatoms. The first-order chi connectivity index (χ1) is 16.0. The van der Waals surface area contributed by atoms with Gasteiger partial charge < -0.3 is 24.2 Å². The molecule has 0 aliphatic carbocycles. The second-order valence-corrected chi connectivity index (χ2v) is 8.09. The number of methoxy groups -OCH3 is 1. The monoisotopic (exact) mass is 448 g/mol. The average Bonchev–Trinajstić information content (AvgIpc) is 3.19. The van der Waals surface area contributed by atoms with Crippen LogP contribution >= 0.6 is 0 Å². The summed E-state index contributed by atoms with van der Waals surface area (Å²) in [5.41, 5.74) is 4.00. The third-order valence-corrected chi connectivity index (χ3v) is 5.60. The molecule has 7 nitrogen and oxygen atoms in total. The number of hydrogen-bond acceptors (Lipinski definition) is 5. The van der Waals surface area contributed by atoms with Gasteiger partial charge in [-0.2, -0.15) is 0 Å². The number of aryl methyl sites for hydroxylation is 2. The Bertz CT molecular complexity index is 1350. The van der Waals surface area contributed by atoms with Crippen LogP contribution in [0.2, 0.25) is 0 Å². The highest BCUT2D eigenvalue weighted by molar-refractivity contribution is 5.88. The minimum Gasteiger partial charge on any atom is -0.497 e. The molecule has 0 radical (unpaired) electrons. The number of benzene rings is 2. The summed E-state index contributed by atoms with van der Waals surface area (Å²) >= 11 is 0. The lowest BCUT2D eigenvalue weighted by Gasteiger charge is -2.13. The van der Waals surface area contributed by atoms with Crippen LogP contribution in [0.25, 0.3) is 21.9 Å². The number of rotatable bonds is 9. The fourth-order valence-electron chi connectivity index (χ4n) is 4.07. The Morgan fingerprint density at radius 1 is 1.12 bits per heavy atom. The minimum absolute atomic E-state index is 0.120. The Labute approximate surface area is 191 Å². The van der Waals surface area contributed by atoms with Gasteiger partial charge >= 0.3 is 5.63 Å². The van der Waals surface area contributed by atoms with Crippen molar-refractivity contribution in [2.45, 2.75) is 33.1 Å². The quantitative estimate of drug-likeness (QED) is 0.373. The number of H-pyrrole nitrogens is 1. The molecule has 0 fully saturated rings. The van der Waals surface area contributed by atoms with Crippen LogP contribution in [0.1, 0.15) is 30.0 Å². The lowest BCUT2D eigenvalue weighted by atomic mass is 10.0. The lowest BCUT2D eigenvalue weighted by Crippen LogP contribution is -2.30. The maximum absolute atomic E-state index is 12.5. The van der Waals surface area contributed by atoms with Crippen LogP contribution in [-0.2, 0) is 17.6 Å². The SMILES string of the molecule is CCCc1cc(=O)oc2cc(C)cc(OCC(=O)NCCc3c[nH]c4ccc(OC)cc34)c12. The number of amides is 1. The molecule has 0 atom stereocenters. The average molecular weight is 449 g/mol. The van der Waals surface area contributed by atoms with Crippen molar-refractivity contribution in [3.63, 3.8) is 0 Å². The number of nitrogens with one attached hydrogen (secondary N) is 2. The highest BCUT2D eigenvalue weighted by Crippen LogP contribution is 2.30. The van der Waals surface area contributed by atoms with E-state index in [2.05, 4.69) is 10.3 Å². The predicted molar refractivity (Wildman–Crippen MR) is 128 cm³/mol. The molecule has 0 aliphatic heterocycles. The van der Waals surface area contributed by atoms with Crippen LogP contribution in [0.15, 0.2) is 51.8 Å². The molecule has 4 rings (SSSR count). The number of carbonyl (C=O) groups is 1. The van der Waals surface area contributed by atoms with Gasteiger partial charge in [0.05, 0.1) is 12.5 Å². The van der Waals surface area contributed by atoms with E-state index in [0.717, 1.165) is 51.6 Å². The molecule has 2 aromatic heterocycles. The van der Waals surface area contributed by atoms with Crippen molar-refractivity contribution in [3.05, 3.63) is 69.7 Å². The molecule has 0 saturated carbocycles. The molecule has 0 bridgehead atoms. The van der Waals surface area contributed by atoms with E-state index in [1.165, 1.54) is 6.07 Å². The number of aromatic amines is 1. The standard InChI is InChI=1S/C26H28N2O5/c1-4-5-17-12-25(30)33-23-11-16(2)10-22(26(17)23)32-15-24(29)27-9-8-18-14-28-21-7-6-19(31-3)13-20(18)21/h6-7,10-14,28H,4-5,8-9,15H2,1-3H3,(H,27,29). The highest BCUT2D eigenvalue weighted by atomic mass is 16.5. The number of aromatic nitrogens is 1. The Morgan fingerprint density at radius 3 is 2.76 bits per heavy atom. The summed E-state index contributed by atoms with van der Waals surface area (Å²) in [4.78, 5) is 27.6. The summed E-state index contributed by atoms with van der Waals surface area (Å²) in [6, 6.07) is 11.1. The minimum atomic E-state index is -0.379. The van der Waals surface area contributed by atoms with E-state index in [9.17, 15) is 9.59 Å². The number of hydrogen-bond donors (Lipinski definition) is 2. The smallest absolute Gasteiger partial charge is 0.336 e. The van der Waals surface area contributed by atoms with Gasteiger partial charge in [-0.05, 0) is 66.8 Å². The summed E-state index contributed by atoms with van der Waals surface area (Å²) in [5, 5.41) is 4.75. The Morgan fingerprint density at radius 2 is 1.97 bits per heavy atom. The molecule has 0 spiro atoms. The highest BCUT2D eigenvalue weighted by Gasteiger charge is 2.14. The topological polar surface area (TPSA) is 93.6 Å². The predicted octanol–water partition coefficient (Wildman–Crippen LogP) is 4.28. The van der Waals surface area contributed by atoms with Crippen molar-refractivity contribution in [1.29, 1.82) is 0 Å². The molecule has 4 aromatic rings. The number of fused-ring (bicyclic) bond motifs is 2. The van der Waals surface area contributed by atoms with Crippen molar-refractivity contribution in [2.75, 3.05) is 20.3 Å². The van der Waals surface area contributed by atoms with Gasteiger partial charge in [0.2, 0.25) is 0 Å². The van der Waals surface area contributed by atoms with E-state index in [1.54, 1.807) is 7.11 Å². The molecule has 33 heavy (non-hydrogen) atoms. The molecular formula is C26H28N2O5. The molecule has 2 aromatic carbocycles. The van der Waals surface area contributed by atoms with Crippen molar-refractivity contribution < 1.29 is 18.7 Å². The molecule has 2 heterocycles. The summed E-state index contributed by atoms with van der Waals surface area (Å²) in [6.45, 7) is 4.31. The molecule has 0 saturated heterocycles. The number of carbonyl (C=O) groups excluding carboxylic acids is 1. The molecule has 0 unspecified atom stereocenters. The van der Waals surface area contributed by atoms with Gasteiger partial charge in [-0.25, -0.2) is 4.79 Å². The molecule has 1 amide bonds. The van der Waals surface area contributed by atoms with E-state index >= 15 is 0 Å². The molecular weight excluding hydrogens is 420 g/mol. The van der Waals surface area contributed by atoms with Crippen molar-refractivity contribution >= 4 is 27.8 Å². The summed E-state index contributed by atoms with van der Waals surface area (Å²) in [7, 11) is 1.64. The van der Waals surface area contributed by atoms with E-state index < -0.39 is 0 Å². The summed E-state index contributed by atoms with van der Waals surface area (Å²) < 4.78 is 16.6. The van der Waals surface area contributed by atoms with Gasteiger partial charge in [0.15, 0.2) is 6.61 Å². The molecule has 172 valence electrons. The first-order valence-electron chi connectivity index (χ1n) is 11.1. The third kappa shape index (κ3) is 5.03. The molecule has 2 N–H and O–H groups in total.